The van der Waals surface area contributed by atoms with Gasteiger partial charge in [0.05, 0.1) is 12.8 Å². The third kappa shape index (κ3) is 1.68. The number of allylic oxidation sites excluding steroid dienone is 1. The van der Waals surface area contributed by atoms with Crippen LogP contribution in [0.1, 0.15) is 19.3 Å². The largest absolute Gasteiger partial charge is 0.468 e. The van der Waals surface area contributed by atoms with Crippen molar-refractivity contribution in [2.24, 2.45) is 10.9 Å². The fourth-order valence-corrected chi connectivity index (χ4v) is 1.89. The summed E-state index contributed by atoms with van der Waals surface area (Å²) in [5.41, 5.74) is 0.933. The van der Waals surface area contributed by atoms with Crippen molar-refractivity contribution in [1.29, 1.82) is 0 Å². The number of fused-ring (bicyclic) bond motifs is 1. The molecule has 5 nitrogen and oxygen atoms in total. The molecule has 0 saturated heterocycles. The molecule has 1 atom stereocenters. The van der Waals surface area contributed by atoms with Gasteiger partial charge in [-0.15, -0.1) is 0 Å². The van der Waals surface area contributed by atoms with Crippen LogP contribution in [0.3, 0.4) is 0 Å². The molecule has 1 aliphatic heterocycles. The molecule has 1 saturated carbocycles. The second kappa shape index (κ2) is 4.00. The van der Waals surface area contributed by atoms with Crippen LogP contribution < -0.4 is 0 Å². The first-order chi connectivity index (χ1) is 7.63. The summed E-state index contributed by atoms with van der Waals surface area (Å²) in [4.78, 5) is 38.2. The van der Waals surface area contributed by atoms with E-state index in [1.807, 2.05) is 0 Å². The molecule has 0 spiro atoms. The minimum Gasteiger partial charge on any atom is -0.468 e. The van der Waals surface area contributed by atoms with E-state index < -0.39 is 17.8 Å². The number of Topliss-reactive ketones (excluding diaryl/α,β-unsaturated/α-hetero) is 1. The molecule has 1 amide bonds. The van der Waals surface area contributed by atoms with Crippen molar-refractivity contribution in [2.45, 2.75) is 19.3 Å². The van der Waals surface area contributed by atoms with E-state index in [4.69, 9.17) is 0 Å². The van der Waals surface area contributed by atoms with Gasteiger partial charge in [-0.2, -0.15) is 0 Å². The Morgan fingerprint density at radius 1 is 1.44 bits per heavy atom. The highest BCUT2D eigenvalue weighted by atomic mass is 16.5. The summed E-state index contributed by atoms with van der Waals surface area (Å²) in [6.45, 7) is 0. The minimum atomic E-state index is -1.05. The predicted octanol–water partition coefficient (Wildman–Crippen LogP) is 0.436. The summed E-state index contributed by atoms with van der Waals surface area (Å²) >= 11 is 0. The van der Waals surface area contributed by atoms with Gasteiger partial charge >= 0.3 is 5.97 Å². The zero-order chi connectivity index (χ0) is 11.7. The maximum absolute atomic E-state index is 11.6. The Labute approximate surface area is 92.2 Å². The molecule has 16 heavy (non-hydrogen) atoms. The van der Waals surface area contributed by atoms with Gasteiger partial charge in [0.2, 0.25) is 0 Å². The van der Waals surface area contributed by atoms with Crippen LogP contribution in [0.5, 0.6) is 0 Å². The van der Waals surface area contributed by atoms with Crippen LogP contribution in [0.2, 0.25) is 0 Å². The molecule has 0 aromatic rings. The number of amides is 1. The van der Waals surface area contributed by atoms with Crippen LogP contribution in [0, 0.1) is 5.92 Å². The molecule has 0 radical (unpaired) electrons. The fraction of sp³-hybridized carbons (Fsp3) is 0.455. The first-order valence-electron chi connectivity index (χ1n) is 5.08. The van der Waals surface area contributed by atoms with Gasteiger partial charge in [-0.25, -0.2) is 4.99 Å². The number of hydrogen-bond donors (Lipinski definition) is 0. The standard InChI is InChI=1S/C11H11NO4/c1-16-11(15)7-5-6-8(12-10(7)14)3-2-4-9(6)13/h5,7H,2-4H2,1H3. The van der Waals surface area contributed by atoms with Gasteiger partial charge in [0, 0.05) is 12.0 Å². The van der Waals surface area contributed by atoms with Crippen LogP contribution in [0.25, 0.3) is 0 Å². The highest BCUT2D eigenvalue weighted by Crippen LogP contribution is 2.24. The fourth-order valence-electron chi connectivity index (χ4n) is 1.89. The lowest BCUT2D eigenvalue weighted by Gasteiger charge is -2.21. The number of ether oxygens (including phenoxy) is 1. The zero-order valence-electron chi connectivity index (χ0n) is 8.86. The summed E-state index contributed by atoms with van der Waals surface area (Å²) in [6.07, 6.45) is 3.17. The van der Waals surface area contributed by atoms with Gasteiger partial charge in [0.1, 0.15) is 0 Å². The molecule has 1 fully saturated rings. The SMILES string of the molecule is COC(=O)C1C=C2C(=O)CCCC2=NC1=O. The van der Waals surface area contributed by atoms with Crippen molar-refractivity contribution in [3.05, 3.63) is 11.6 Å². The molecule has 0 aromatic carbocycles. The Morgan fingerprint density at radius 2 is 2.19 bits per heavy atom. The molecule has 0 aromatic heterocycles. The van der Waals surface area contributed by atoms with Gasteiger partial charge in [-0.3, -0.25) is 14.4 Å². The molecule has 2 aliphatic rings. The Kier molecular flexibility index (Phi) is 2.68. The van der Waals surface area contributed by atoms with Gasteiger partial charge < -0.3 is 4.74 Å². The summed E-state index contributed by atoms with van der Waals surface area (Å²) in [5.74, 6) is -2.31. The number of esters is 1. The maximum atomic E-state index is 11.6. The van der Waals surface area contributed by atoms with Crippen molar-refractivity contribution in [3.8, 4) is 0 Å². The number of aliphatic imine (C=N–C) groups is 1. The van der Waals surface area contributed by atoms with Crippen LogP contribution in [0.4, 0.5) is 0 Å². The van der Waals surface area contributed by atoms with E-state index in [1.54, 1.807) is 0 Å². The summed E-state index contributed by atoms with van der Waals surface area (Å²) < 4.78 is 4.49. The second-order valence-electron chi connectivity index (χ2n) is 3.75. The number of dihydropyridines is 1. The van der Waals surface area contributed by atoms with Crippen molar-refractivity contribution in [1.82, 2.24) is 0 Å². The van der Waals surface area contributed by atoms with Crippen molar-refractivity contribution >= 4 is 23.4 Å². The Morgan fingerprint density at radius 3 is 2.88 bits per heavy atom. The predicted molar refractivity (Wildman–Crippen MR) is 54.9 cm³/mol. The lowest BCUT2D eigenvalue weighted by Crippen LogP contribution is -2.31. The molecular weight excluding hydrogens is 210 g/mol. The number of methoxy groups -OCH3 is 1. The van der Waals surface area contributed by atoms with Gasteiger partial charge in [0.15, 0.2) is 11.7 Å². The number of carbonyl (C=O) groups is 3. The number of rotatable bonds is 1. The zero-order valence-corrected chi connectivity index (χ0v) is 8.86. The van der Waals surface area contributed by atoms with Crippen LogP contribution in [0.15, 0.2) is 16.6 Å². The quantitative estimate of drug-likeness (QED) is 0.475. The molecule has 1 unspecified atom stereocenters. The van der Waals surface area contributed by atoms with Crippen LogP contribution >= 0.6 is 0 Å². The topological polar surface area (TPSA) is 72.8 Å². The minimum absolute atomic E-state index is 0.0496. The number of ketones is 1. The number of hydrogen-bond acceptors (Lipinski definition) is 4. The van der Waals surface area contributed by atoms with Crippen molar-refractivity contribution in [3.63, 3.8) is 0 Å². The highest BCUT2D eigenvalue weighted by Gasteiger charge is 2.34. The Hall–Kier alpha value is -1.78. The van der Waals surface area contributed by atoms with E-state index in [2.05, 4.69) is 9.73 Å². The monoisotopic (exact) mass is 221 g/mol. The summed E-state index contributed by atoms with van der Waals surface area (Å²) in [7, 11) is 1.20. The van der Waals surface area contributed by atoms with Crippen molar-refractivity contribution < 1.29 is 19.1 Å². The first kappa shape index (κ1) is 10.7. The Bertz CT molecular complexity index is 433. The normalized spacial score (nSPS) is 24.4. The van der Waals surface area contributed by atoms with E-state index >= 15 is 0 Å². The van der Waals surface area contributed by atoms with E-state index in [-0.39, 0.29) is 5.78 Å². The van der Waals surface area contributed by atoms with Gasteiger partial charge in [-0.1, -0.05) is 0 Å². The lowest BCUT2D eigenvalue weighted by molar-refractivity contribution is -0.147. The third-order valence-electron chi connectivity index (χ3n) is 2.73. The van der Waals surface area contributed by atoms with Gasteiger partial charge in [0.25, 0.3) is 5.91 Å². The highest BCUT2D eigenvalue weighted by molar-refractivity contribution is 6.28. The van der Waals surface area contributed by atoms with Crippen LogP contribution in [-0.4, -0.2) is 30.5 Å². The number of carbonyl (C=O) groups excluding carboxylic acids is 3. The average molecular weight is 221 g/mol. The van der Waals surface area contributed by atoms with E-state index in [1.165, 1.54) is 13.2 Å². The molecule has 1 heterocycles. The van der Waals surface area contributed by atoms with Crippen molar-refractivity contribution in [2.75, 3.05) is 7.11 Å². The molecule has 0 bridgehead atoms. The maximum Gasteiger partial charge on any atom is 0.322 e. The molecule has 1 aliphatic carbocycles. The second-order valence-corrected chi connectivity index (χ2v) is 3.75. The third-order valence-corrected chi connectivity index (χ3v) is 2.73. The van der Waals surface area contributed by atoms with E-state index in [0.29, 0.717) is 30.5 Å². The van der Waals surface area contributed by atoms with Crippen LogP contribution in [-0.2, 0) is 19.1 Å². The Balaban J connectivity index is 2.35. The smallest absolute Gasteiger partial charge is 0.322 e. The molecule has 2 rings (SSSR count). The summed E-state index contributed by atoms with van der Waals surface area (Å²) in [5, 5.41) is 0. The molecule has 84 valence electrons. The molecule has 5 heteroatoms. The van der Waals surface area contributed by atoms with E-state index in [0.717, 1.165) is 0 Å². The number of nitrogens with zero attached hydrogens (tertiary/aromatic N) is 1. The average Bonchev–Trinajstić information content (AvgIpc) is 2.28. The lowest BCUT2D eigenvalue weighted by atomic mass is 9.86. The van der Waals surface area contributed by atoms with Gasteiger partial charge in [-0.05, 0) is 18.9 Å². The summed E-state index contributed by atoms with van der Waals surface area (Å²) in [6, 6.07) is 0. The van der Waals surface area contributed by atoms with E-state index in [9.17, 15) is 14.4 Å². The molecular formula is C11H11NO4. The first-order valence-corrected chi connectivity index (χ1v) is 5.08. The molecule has 0 N–H and O–H groups in total.